The molecule has 7 aromatic rings. The number of anilines is 3. The Hall–Kier alpha value is -5.66. The molecule has 3 atom stereocenters. The predicted octanol–water partition coefficient (Wildman–Crippen LogP) is 16.4. The van der Waals surface area contributed by atoms with Crippen molar-refractivity contribution in [3.8, 4) is 44.5 Å². The lowest BCUT2D eigenvalue weighted by Gasteiger charge is -2.32. The summed E-state index contributed by atoms with van der Waals surface area (Å²) in [4.78, 5) is 2.55. The van der Waals surface area contributed by atoms with Crippen LogP contribution in [-0.4, -0.2) is 0 Å². The highest BCUT2D eigenvalue weighted by atomic mass is 15.1. The minimum atomic E-state index is -0.181. The van der Waals surface area contributed by atoms with Crippen molar-refractivity contribution >= 4 is 17.1 Å². The van der Waals surface area contributed by atoms with Crippen LogP contribution in [0.25, 0.3) is 44.5 Å². The summed E-state index contributed by atoms with van der Waals surface area (Å²) in [5.74, 6) is 3.18. The van der Waals surface area contributed by atoms with Gasteiger partial charge in [-0.1, -0.05) is 173 Å². The summed E-state index contributed by atoms with van der Waals surface area (Å²) in [6.07, 6.45) is 12.3. The maximum atomic E-state index is 2.55. The van der Waals surface area contributed by atoms with Crippen LogP contribution in [0.1, 0.15) is 106 Å². The fourth-order valence-corrected chi connectivity index (χ4v) is 12.0. The molecule has 7 aromatic carbocycles. The molecule has 2 bridgehead atoms. The van der Waals surface area contributed by atoms with Gasteiger partial charge in [0.1, 0.15) is 0 Å². The Morgan fingerprint density at radius 3 is 1.85 bits per heavy atom. The van der Waals surface area contributed by atoms with Crippen LogP contribution in [0.4, 0.5) is 17.1 Å². The largest absolute Gasteiger partial charge is 0.310 e. The molecule has 0 spiro atoms. The molecule has 1 nitrogen and oxygen atoms in total. The van der Waals surface area contributed by atoms with Gasteiger partial charge in [-0.2, -0.15) is 0 Å². The summed E-state index contributed by atoms with van der Waals surface area (Å²) < 4.78 is 0. The monoisotopic (exact) mass is 765 g/mol. The Morgan fingerprint density at radius 2 is 1.12 bits per heavy atom. The second-order valence-electron chi connectivity index (χ2n) is 18.7. The van der Waals surface area contributed by atoms with Gasteiger partial charge in [0.15, 0.2) is 0 Å². The highest BCUT2D eigenvalue weighted by molar-refractivity contribution is 5.98. The van der Waals surface area contributed by atoms with Crippen LogP contribution in [0.15, 0.2) is 164 Å². The summed E-state index contributed by atoms with van der Waals surface area (Å²) >= 11 is 0. The fraction of sp³-hybridized carbons (Fsp3) is 0.276. The van der Waals surface area contributed by atoms with Crippen molar-refractivity contribution in [1.29, 1.82) is 0 Å². The van der Waals surface area contributed by atoms with Gasteiger partial charge >= 0.3 is 0 Å². The molecule has 0 saturated heterocycles. The van der Waals surface area contributed by atoms with Gasteiger partial charge in [-0.15, -0.1) is 0 Å². The van der Waals surface area contributed by atoms with Crippen LogP contribution in [0, 0.1) is 11.8 Å². The molecular weight excluding hydrogens is 711 g/mol. The van der Waals surface area contributed by atoms with Gasteiger partial charge in [0, 0.05) is 22.4 Å². The van der Waals surface area contributed by atoms with Gasteiger partial charge in [0.2, 0.25) is 0 Å². The summed E-state index contributed by atoms with van der Waals surface area (Å²) in [7, 11) is 0. The van der Waals surface area contributed by atoms with Gasteiger partial charge in [-0.25, -0.2) is 0 Å². The number of fused-ring (bicyclic) bond motifs is 5. The van der Waals surface area contributed by atoms with E-state index in [-0.39, 0.29) is 5.41 Å². The molecule has 3 unspecified atom stereocenters. The molecule has 0 heterocycles. The van der Waals surface area contributed by atoms with Crippen LogP contribution in [0.3, 0.4) is 0 Å². The molecule has 3 saturated carbocycles. The zero-order chi connectivity index (χ0) is 39.5. The molecule has 4 aliphatic rings. The molecule has 11 rings (SSSR count). The molecule has 59 heavy (non-hydrogen) atoms. The zero-order valence-electron chi connectivity index (χ0n) is 34.7. The number of rotatable bonds is 8. The number of benzene rings is 7. The van der Waals surface area contributed by atoms with Gasteiger partial charge in [0.05, 0.1) is 5.69 Å². The third-order valence-electron chi connectivity index (χ3n) is 15.0. The van der Waals surface area contributed by atoms with Gasteiger partial charge in [-0.3, -0.25) is 0 Å². The van der Waals surface area contributed by atoms with Crippen molar-refractivity contribution in [1.82, 2.24) is 0 Å². The predicted molar refractivity (Wildman–Crippen MR) is 249 cm³/mol. The van der Waals surface area contributed by atoms with Crippen molar-refractivity contribution in [3.05, 3.63) is 186 Å². The first-order chi connectivity index (χ1) is 29.0. The van der Waals surface area contributed by atoms with Gasteiger partial charge < -0.3 is 4.90 Å². The smallest absolute Gasteiger partial charge is 0.0543 e. The van der Waals surface area contributed by atoms with Crippen LogP contribution in [-0.2, 0) is 5.41 Å². The van der Waals surface area contributed by atoms with E-state index < -0.39 is 0 Å². The molecule has 4 aliphatic carbocycles. The minimum Gasteiger partial charge on any atom is -0.310 e. The SMILES string of the molecule is CC1(C)c2ccccc2-c2ccc(N(c3ccc(-c4cccc(C5CCCCC5)c4)cc3)c3ccc(C4CC5CCC4C5)cc3)c(-c3ccc(-c4ccccc4)cc3)c21. The number of hydrogen-bond donors (Lipinski definition) is 0. The van der Waals surface area contributed by atoms with Crippen molar-refractivity contribution in [2.24, 2.45) is 11.8 Å². The normalized spacial score (nSPS) is 20.3. The van der Waals surface area contributed by atoms with Crippen LogP contribution in [0.2, 0.25) is 0 Å². The Morgan fingerprint density at radius 1 is 0.475 bits per heavy atom. The van der Waals surface area contributed by atoms with E-state index in [1.807, 2.05) is 0 Å². The average molecular weight is 766 g/mol. The second kappa shape index (κ2) is 14.9. The first-order valence-electron chi connectivity index (χ1n) is 22.5. The standard InChI is InChI=1S/C58H55N/c1-58(2)54-19-10-9-18-51(54)52-34-35-55(56(57(52)58)45-24-22-42(23-25-45)40-12-5-3-6-13-40)59(50-32-28-44(29-33-50)53-37-39-20-21-48(53)36-39)49-30-26-43(27-31-49)47-17-11-16-46(38-47)41-14-7-4-8-15-41/h3,5-6,9-13,16-19,22-35,38-39,41,48,53H,4,7-8,14-15,20-21,36-37H2,1-2H3. The van der Waals surface area contributed by atoms with Gasteiger partial charge in [-0.05, 0) is 147 Å². The van der Waals surface area contributed by atoms with Crippen LogP contribution >= 0.6 is 0 Å². The third-order valence-corrected chi connectivity index (χ3v) is 15.0. The molecule has 0 aliphatic heterocycles. The molecule has 292 valence electrons. The van der Waals surface area contributed by atoms with Crippen LogP contribution < -0.4 is 4.90 Å². The molecule has 1 heteroatoms. The van der Waals surface area contributed by atoms with E-state index >= 15 is 0 Å². The van der Waals surface area contributed by atoms with Gasteiger partial charge in [0.25, 0.3) is 0 Å². The van der Waals surface area contributed by atoms with E-state index in [2.05, 4.69) is 183 Å². The maximum absolute atomic E-state index is 2.55. The molecule has 0 aromatic heterocycles. The Bertz CT molecular complexity index is 2610. The zero-order valence-corrected chi connectivity index (χ0v) is 34.7. The minimum absolute atomic E-state index is 0.181. The van der Waals surface area contributed by atoms with Crippen LogP contribution in [0.5, 0.6) is 0 Å². The third kappa shape index (κ3) is 6.46. The van der Waals surface area contributed by atoms with Crippen molar-refractivity contribution in [2.45, 2.75) is 88.9 Å². The summed E-state index contributed by atoms with van der Waals surface area (Å²) in [6, 6.07) is 62.6. The summed E-state index contributed by atoms with van der Waals surface area (Å²) in [5, 5.41) is 0. The van der Waals surface area contributed by atoms with E-state index in [4.69, 9.17) is 0 Å². The first-order valence-corrected chi connectivity index (χ1v) is 22.5. The average Bonchev–Trinajstić information content (AvgIpc) is 4.00. The quantitative estimate of drug-likeness (QED) is 0.149. The van der Waals surface area contributed by atoms with E-state index in [0.717, 1.165) is 11.8 Å². The lowest BCUT2D eigenvalue weighted by Crippen LogP contribution is -2.19. The van der Waals surface area contributed by atoms with Crippen molar-refractivity contribution < 1.29 is 0 Å². The lowest BCUT2D eigenvalue weighted by molar-refractivity contribution is 0.420. The molecule has 0 N–H and O–H groups in total. The number of hydrogen-bond acceptors (Lipinski definition) is 1. The highest BCUT2D eigenvalue weighted by Crippen LogP contribution is 2.57. The topological polar surface area (TPSA) is 3.24 Å². The lowest BCUT2D eigenvalue weighted by atomic mass is 9.78. The fourth-order valence-electron chi connectivity index (χ4n) is 12.0. The Balaban J connectivity index is 1.06. The second-order valence-corrected chi connectivity index (χ2v) is 18.7. The molecule has 3 fully saturated rings. The Labute approximate surface area is 351 Å². The van der Waals surface area contributed by atoms with E-state index in [1.54, 1.807) is 0 Å². The van der Waals surface area contributed by atoms with Crippen molar-refractivity contribution in [3.63, 3.8) is 0 Å². The first kappa shape index (κ1) is 36.4. The summed E-state index contributed by atoms with van der Waals surface area (Å²) in [6.45, 7) is 4.85. The number of nitrogens with zero attached hydrogens (tertiary/aromatic N) is 1. The van der Waals surface area contributed by atoms with E-state index in [0.29, 0.717) is 11.8 Å². The van der Waals surface area contributed by atoms with E-state index in [1.165, 1.54) is 142 Å². The highest BCUT2D eigenvalue weighted by Gasteiger charge is 2.41. The van der Waals surface area contributed by atoms with Crippen molar-refractivity contribution in [2.75, 3.05) is 4.90 Å². The molecule has 0 radical (unpaired) electrons. The summed E-state index contributed by atoms with van der Waals surface area (Å²) in [5.41, 5.74) is 19.6. The maximum Gasteiger partial charge on any atom is 0.0543 e. The Kier molecular flexibility index (Phi) is 9.18. The molecular formula is C58H55N. The van der Waals surface area contributed by atoms with E-state index in [9.17, 15) is 0 Å². The molecule has 0 amide bonds.